The van der Waals surface area contributed by atoms with Crippen molar-refractivity contribution >= 4 is 44.9 Å². The number of benzene rings is 1. The molecule has 0 aliphatic carbocycles. The van der Waals surface area contributed by atoms with Crippen molar-refractivity contribution in [3.8, 4) is 0 Å². The van der Waals surface area contributed by atoms with Gasteiger partial charge in [0.05, 0.1) is 5.02 Å². The van der Waals surface area contributed by atoms with E-state index in [1.165, 1.54) is 35.7 Å². The minimum Gasteiger partial charge on any atom is -0.355 e. The van der Waals surface area contributed by atoms with Crippen LogP contribution in [0.3, 0.4) is 0 Å². The number of sulfonamides is 1. The number of halogens is 2. The van der Waals surface area contributed by atoms with Crippen molar-refractivity contribution in [2.45, 2.75) is 31.1 Å². The normalized spacial score (nSPS) is 18.6. The van der Waals surface area contributed by atoms with E-state index in [1.54, 1.807) is 6.92 Å². The molecule has 1 aromatic heterocycles. The summed E-state index contributed by atoms with van der Waals surface area (Å²) in [5, 5.41) is 9.38. The van der Waals surface area contributed by atoms with E-state index in [2.05, 4.69) is 20.0 Å². The molecular formula is C20H25Cl2N5O2S. The van der Waals surface area contributed by atoms with Crippen molar-refractivity contribution in [3.63, 3.8) is 0 Å². The highest BCUT2D eigenvalue weighted by atomic mass is 35.5. The van der Waals surface area contributed by atoms with E-state index in [-0.39, 0.29) is 9.92 Å². The van der Waals surface area contributed by atoms with Gasteiger partial charge in [0, 0.05) is 44.3 Å². The van der Waals surface area contributed by atoms with Gasteiger partial charge in [-0.3, -0.25) is 0 Å². The summed E-state index contributed by atoms with van der Waals surface area (Å²) in [6.45, 7) is 5.62. The fourth-order valence-electron chi connectivity index (χ4n) is 3.90. The van der Waals surface area contributed by atoms with Crippen LogP contribution in [0.4, 0.5) is 11.6 Å². The van der Waals surface area contributed by atoms with Crippen molar-refractivity contribution in [1.82, 2.24) is 14.5 Å². The van der Waals surface area contributed by atoms with E-state index in [0.717, 1.165) is 24.7 Å². The van der Waals surface area contributed by atoms with Gasteiger partial charge in [-0.05, 0) is 56.0 Å². The smallest absolute Gasteiger partial charge is 0.244 e. The summed E-state index contributed by atoms with van der Waals surface area (Å²) >= 11 is 12.2. The van der Waals surface area contributed by atoms with Crippen LogP contribution in [-0.4, -0.2) is 62.2 Å². The Hall–Kier alpha value is -1.61. The molecule has 2 saturated heterocycles. The maximum Gasteiger partial charge on any atom is 0.244 e. The molecule has 0 saturated carbocycles. The number of rotatable bonds is 4. The Morgan fingerprint density at radius 1 is 0.800 bits per heavy atom. The molecule has 2 aliphatic heterocycles. The second-order valence-electron chi connectivity index (χ2n) is 7.72. The minimum atomic E-state index is -3.69. The molecule has 0 N–H and O–H groups in total. The SMILES string of the molecule is Cc1cc(S(=O)(=O)N2CCN(c3ccc(N4CCCCC4)nn3)CC2)c(Cl)cc1Cl. The summed E-state index contributed by atoms with van der Waals surface area (Å²) < 4.78 is 27.6. The lowest BCUT2D eigenvalue weighted by molar-refractivity contribution is 0.383. The lowest BCUT2D eigenvalue weighted by atomic mass is 10.1. The summed E-state index contributed by atoms with van der Waals surface area (Å²) in [5.74, 6) is 1.68. The van der Waals surface area contributed by atoms with Crippen LogP contribution in [0.2, 0.25) is 10.0 Å². The zero-order chi connectivity index (χ0) is 21.3. The average Bonchev–Trinajstić information content (AvgIpc) is 2.77. The van der Waals surface area contributed by atoms with Crippen LogP contribution in [0.15, 0.2) is 29.2 Å². The number of piperazine rings is 1. The molecule has 0 amide bonds. The van der Waals surface area contributed by atoms with Crippen molar-refractivity contribution in [2.24, 2.45) is 0 Å². The third kappa shape index (κ3) is 4.37. The first kappa shape index (κ1) is 21.6. The molecule has 2 aromatic rings. The molecule has 3 heterocycles. The molecule has 0 bridgehead atoms. The summed E-state index contributed by atoms with van der Waals surface area (Å²) in [6.07, 6.45) is 3.66. The molecular weight excluding hydrogens is 445 g/mol. The molecule has 2 fully saturated rings. The summed E-state index contributed by atoms with van der Waals surface area (Å²) in [5.41, 5.74) is 0.683. The van der Waals surface area contributed by atoms with Gasteiger partial charge in [0.1, 0.15) is 4.90 Å². The van der Waals surface area contributed by atoms with E-state index in [1.807, 2.05) is 12.1 Å². The van der Waals surface area contributed by atoms with Gasteiger partial charge in [0.2, 0.25) is 10.0 Å². The highest BCUT2D eigenvalue weighted by molar-refractivity contribution is 7.89. The molecule has 30 heavy (non-hydrogen) atoms. The van der Waals surface area contributed by atoms with E-state index >= 15 is 0 Å². The molecule has 10 heteroatoms. The second-order valence-corrected chi connectivity index (χ2v) is 10.4. The van der Waals surface area contributed by atoms with E-state index in [0.29, 0.717) is 36.8 Å². The molecule has 7 nitrogen and oxygen atoms in total. The van der Waals surface area contributed by atoms with Crippen LogP contribution in [0, 0.1) is 6.92 Å². The van der Waals surface area contributed by atoms with Crippen molar-refractivity contribution in [1.29, 1.82) is 0 Å². The van der Waals surface area contributed by atoms with Crippen molar-refractivity contribution in [3.05, 3.63) is 39.9 Å². The first-order chi connectivity index (χ1) is 14.4. The summed E-state index contributed by atoms with van der Waals surface area (Å²) in [6, 6.07) is 7.01. The van der Waals surface area contributed by atoms with Crippen LogP contribution in [0.1, 0.15) is 24.8 Å². The van der Waals surface area contributed by atoms with Crippen LogP contribution >= 0.6 is 23.2 Å². The number of hydrogen-bond acceptors (Lipinski definition) is 6. The highest BCUT2D eigenvalue weighted by Crippen LogP contribution is 2.31. The van der Waals surface area contributed by atoms with Gasteiger partial charge in [-0.15, -0.1) is 10.2 Å². The van der Waals surface area contributed by atoms with Gasteiger partial charge in [-0.1, -0.05) is 23.2 Å². The van der Waals surface area contributed by atoms with E-state index < -0.39 is 10.0 Å². The van der Waals surface area contributed by atoms with E-state index in [4.69, 9.17) is 23.2 Å². The van der Waals surface area contributed by atoms with Gasteiger partial charge >= 0.3 is 0 Å². The average molecular weight is 470 g/mol. The number of piperidine rings is 1. The topological polar surface area (TPSA) is 69.6 Å². The largest absolute Gasteiger partial charge is 0.355 e. The van der Waals surface area contributed by atoms with Gasteiger partial charge in [-0.2, -0.15) is 4.31 Å². The van der Waals surface area contributed by atoms with Crippen LogP contribution in [0.5, 0.6) is 0 Å². The number of hydrogen-bond donors (Lipinski definition) is 0. The Bertz CT molecular complexity index is 1000. The van der Waals surface area contributed by atoms with Gasteiger partial charge in [0.25, 0.3) is 0 Å². The number of aromatic nitrogens is 2. The zero-order valence-corrected chi connectivity index (χ0v) is 19.2. The Morgan fingerprint density at radius 3 is 1.93 bits per heavy atom. The first-order valence-corrected chi connectivity index (χ1v) is 12.4. The van der Waals surface area contributed by atoms with Crippen LogP contribution in [0.25, 0.3) is 0 Å². The molecule has 0 unspecified atom stereocenters. The predicted molar refractivity (Wildman–Crippen MR) is 120 cm³/mol. The predicted octanol–water partition coefficient (Wildman–Crippen LogP) is 3.59. The van der Waals surface area contributed by atoms with E-state index in [9.17, 15) is 8.42 Å². The summed E-state index contributed by atoms with van der Waals surface area (Å²) in [7, 11) is -3.69. The molecule has 162 valence electrons. The quantitative estimate of drug-likeness (QED) is 0.681. The zero-order valence-electron chi connectivity index (χ0n) is 16.9. The lowest BCUT2D eigenvalue weighted by Crippen LogP contribution is -2.49. The highest BCUT2D eigenvalue weighted by Gasteiger charge is 2.31. The number of nitrogens with zero attached hydrogens (tertiary/aromatic N) is 5. The van der Waals surface area contributed by atoms with Gasteiger partial charge < -0.3 is 9.80 Å². The minimum absolute atomic E-state index is 0.102. The fraction of sp³-hybridized carbons (Fsp3) is 0.500. The van der Waals surface area contributed by atoms with Gasteiger partial charge in [-0.25, -0.2) is 8.42 Å². The molecule has 4 rings (SSSR count). The number of aryl methyl sites for hydroxylation is 1. The number of anilines is 2. The summed E-state index contributed by atoms with van der Waals surface area (Å²) in [4.78, 5) is 4.43. The standard InChI is InChI=1S/C20H25Cl2N5O2S/c1-15-13-18(17(22)14-16(15)21)30(28,29)27-11-9-26(10-12-27)20-6-5-19(23-24-20)25-7-3-2-4-8-25/h5-6,13-14H,2-4,7-12H2,1H3. The van der Waals surface area contributed by atoms with Crippen LogP contribution < -0.4 is 9.80 Å². The molecule has 2 aliphatic rings. The first-order valence-electron chi connectivity index (χ1n) is 10.2. The second kappa shape index (κ2) is 8.86. The maximum absolute atomic E-state index is 13.1. The third-order valence-electron chi connectivity index (χ3n) is 5.71. The van der Waals surface area contributed by atoms with Crippen molar-refractivity contribution < 1.29 is 8.42 Å². The van der Waals surface area contributed by atoms with Crippen LogP contribution in [-0.2, 0) is 10.0 Å². The molecule has 0 spiro atoms. The molecule has 1 aromatic carbocycles. The Kier molecular flexibility index (Phi) is 6.39. The molecule has 0 radical (unpaired) electrons. The Balaban J connectivity index is 1.43. The Morgan fingerprint density at radius 2 is 1.37 bits per heavy atom. The third-order valence-corrected chi connectivity index (χ3v) is 8.48. The maximum atomic E-state index is 13.1. The fourth-order valence-corrected chi connectivity index (χ4v) is 6.13. The van der Waals surface area contributed by atoms with Crippen molar-refractivity contribution in [2.75, 3.05) is 49.1 Å². The Labute approximate surface area is 187 Å². The monoisotopic (exact) mass is 469 g/mol. The lowest BCUT2D eigenvalue weighted by Gasteiger charge is -2.35. The van der Waals surface area contributed by atoms with Gasteiger partial charge in [0.15, 0.2) is 11.6 Å². The molecule has 0 atom stereocenters.